The van der Waals surface area contributed by atoms with E-state index in [1.54, 1.807) is 6.07 Å². The molecule has 0 amide bonds. The lowest BCUT2D eigenvalue weighted by Gasteiger charge is -2.18. The van der Waals surface area contributed by atoms with Crippen LogP contribution in [0, 0.1) is 0 Å². The lowest BCUT2D eigenvalue weighted by Crippen LogP contribution is -2.18. The van der Waals surface area contributed by atoms with Crippen LogP contribution in [0.4, 0.5) is 5.95 Å². The van der Waals surface area contributed by atoms with Crippen molar-refractivity contribution in [1.82, 2.24) is 9.55 Å². The minimum atomic E-state index is 0.124. The summed E-state index contributed by atoms with van der Waals surface area (Å²) in [5.41, 5.74) is 7.68. The summed E-state index contributed by atoms with van der Waals surface area (Å²) in [6.07, 6.45) is 1.05. The fourth-order valence-electron chi connectivity index (χ4n) is 2.52. The predicted molar refractivity (Wildman–Crippen MR) is 73.2 cm³/mol. The van der Waals surface area contributed by atoms with Crippen molar-refractivity contribution in [3.63, 3.8) is 0 Å². The number of hydrogen-bond donors (Lipinski definition) is 1. The van der Waals surface area contributed by atoms with E-state index in [9.17, 15) is 0 Å². The Bertz CT molecular complexity index is 611. The van der Waals surface area contributed by atoms with Gasteiger partial charge in [-0.3, -0.25) is 0 Å². The quantitative estimate of drug-likeness (QED) is 0.875. The molecule has 1 aliphatic heterocycles. The number of hydrogen-bond acceptors (Lipinski definition) is 3. The van der Waals surface area contributed by atoms with Crippen LogP contribution in [-0.2, 0) is 4.74 Å². The number of nitrogens with zero attached hydrogens (tertiary/aromatic N) is 2. The number of aromatic nitrogens is 2. The van der Waals surface area contributed by atoms with Crippen LogP contribution in [0.2, 0.25) is 10.0 Å². The van der Waals surface area contributed by atoms with Crippen LogP contribution >= 0.6 is 23.2 Å². The first kappa shape index (κ1) is 12.1. The van der Waals surface area contributed by atoms with E-state index in [2.05, 4.69) is 4.98 Å². The smallest absolute Gasteiger partial charge is 0.201 e. The minimum absolute atomic E-state index is 0.124. The highest BCUT2D eigenvalue weighted by atomic mass is 35.5. The highest BCUT2D eigenvalue weighted by Crippen LogP contribution is 2.35. The van der Waals surface area contributed by atoms with Crippen LogP contribution in [0.25, 0.3) is 11.0 Å². The van der Waals surface area contributed by atoms with Gasteiger partial charge in [0.1, 0.15) is 0 Å². The number of benzene rings is 1. The van der Waals surface area contributed by atoms with Crippen molar-refractivity contribution in [1.29, 1.82) is 0 Å². The van der Waals surface area contributed by atoms with E-state index in [0.29, 0.717) is 16.0 Å². The predicted octanol–water partition coefficient (Wildman–Crippen LogP) is 3.28. The van der Waals surface area contributed by atoms with Gasteiger partial charge in [0, 0.05) is 6.61 Å². The highest BCUT2D eigenvalue weighted by molar-refractivity contribution is 6.42. The maximum atomic E-state index is 6.07. The van der Waals surface area contributed by atoms with Crippen molar-refractivity contribution >= 4 is 40.2 Å². The van der Waals surface area contributed by atoms with Crippen LogP contribution in [0.15, 0.2) is 12.1 Å². The molecule has 1 aromatic carbocycles. The zero-order chi connectivity index (χ0) is 12.9. The molecule has 2 N–H and O–H groups in total. The second-order valence-corrected chi connectivity index (χ2v) is 5.34. The fourth-order valence-corrected chi connectivity index (χ4v) is 2.83. The molecule has 2 heterocycles. The molecule has 4 nitrogen and oxygen atoms in total. The Kier molecular flexibility index (Phi) is 2.88. The Morgan fingerprint density at radius 2 is 2.11 bits per heavy atom. The maximum absolute atomic E-state index is 6.07. The number of ether oxygens (including phenoxy) is 1. The summed E-state index contributed by atoms with van der Waals surface area (Å²) in [5, 5.41) is 1.00. The lowest BCUT2D eigenvalue weighted by atomic mass is 10.1. The summed E-state index contributed by atoms with van der Waals surface area (Å²) in [7, 11) is 0. The molecule has 0 saturated carbocycles. The van der Waals surface area contributed by atoms with E-state index in [-0.39, 0.29) is 12.1 Å². The van der Waals surface area contributed by atoms with Gasteiger partial charge in [-0.25, -0.2) is 4.98 Å². The van der Waals surface area contributed by atoms with Gasteiger partial charge in [-0.2, -0.15) is 0 Å². The maximum Gasteiger partial charge on any atom is 0.201 e. The average molecular weight is 286 g/mol. The number of nitrogen functional groups attached to an aromatic ring is 1. The van der Waals surface area contributed by atoms with Gasteiger partial charge in [0.25, 0.3) is 0 Å². The molecule has 18 heavy (non-hydrogen) atoms. The molecule has 96 valence electrons. The number of imidazole rings is 1. The molecule has 0 spiro atoms. The number of fused-ring (bicyclic) bond motifs is 1. The Morgan fingerprint density at radius 1 is 1.39 bits per heavy atom. The van der Waals surface area contributed by atoms with E-state index in [4.69, 9.17) is 33.7 Å². The van der Waals surface area contributed by atoms with Crippen molar-refractivity contribution in [3.05, 3.63) is 22.2 Å². The van der Waals surface area contributed by atoms with Crippen LogP contribution in [-0.4, -0.2) is 22.3 Å². The molecule has 1 aliphatic rings. The summed E-state index contributed by atoms with van der Waals surface area (Å²) in [6, 6.07) is 3.76. The molecule has 3 rings (SSSR count). The third-order valence-corrected chi connectivity index (χ3v) is 4.15. The minimum Gasteiger partial charge on any atom is -0.376 e. The fraction of sp³-hybridized carbons (Fsp3) is 0.417. The largest absolute Gasteiger partial charge is 0.376 e. The van der Waals surface area contributed by atoms with Crippen molar-refractivity contribution < 1.29 is 4.74 Å². The molecule has 2 unspecified atom stereocenters. The van der Waals surface area contributed by atoms with Gasteiger partial charge >= 0.3 is 0 Å². The van der Waals surface area contributed by atoms with Gasteiger partial charge in [0.05, 0.1) is 33.2 Å². The van der Waals surface area contributed by atoms with Crippen LogP contribution < -0.4 is 5.73 Å². The van der Waals surface area contributed by atoms with Crippen molar-refractivity contribution in [2.75, 3.05) is 12.3 Å². The summed E-state index contributed by atoms with van der Waals surface area (Å²) < 4.78 is 7.58. The molecule has 2 atom stereocenters. The molecule has 1 aromatic heterocycles. The summed E-state index contributed by atoms with van der Waals surface area (Å²) >= 11 is 12.1. The average Bonchev–Trinajstić information content (AvgIpc) is 2.83. The molecular formula is C12H13Cl2N3O. The van der Waals surface area contributed by atoms with Gasteiger partial charge in [0.15, 0.2) is 0 Å². The second kappa shape index (κ2) is 4.30. The number of anilines is 1. The number of rotatable bonds is 1. The van der Waals surface area contributed by atoms with Crippen LogP contribution in [0.3, 0.4) is 0 Å². The Hall–Kier alpha value is -0.970. The Labute approximate surface area is 115 Å². The molecular weight excluding hydrogens is 273 g/mol. The highest BCUT2D eigenvalue weighted by Gasteiger charge is 2.29. The van der Waals surface area contributed by atoms with E-state index in [1.807, 2.05) is 17.6 Å². The third kappa shape index (κ3) is 1.76. The Balaban J connectivity index is 2.22. The zero-order valence-electron chi connectivity index (χ0n) is 9.86. The number of halogens is 2. The molecule has 0 bridgehead atoms. The second-order valence-electron chi connectivity index (χ2n) is 4.53. The van der Waals surface area contributed by atoms with Gasteiger partial charge in [0.2, 0.25) is 5.95 Å². The van der Waals surface area contributed by atoms with E-state index < -0.39 is 0 Å². The molecule has 0 radical (unpaired) electrons. The first-order valence-corrected chi connectivity index (χ1v) is 6.57. The lowest BCUT2D eigenvalue weighted by molar-refractivity contribution is 0.109. The molecule has 1 fully saturated rings. The zero-order valence-corrected chi connectivity index (χ0v) is 11.4. The topological polar surface area (TPSA) is 53.1 Å². The van der Waals surface area contributed by atoms with Crippen LogP contribution in [0.5, 0.6) is 0 Å². The van der Waals surface area contributed by atoms with E-state index in [0.717, 1.165) is 24.1 Å². The molecule has 0 aliphatic carbocycles. The summed E-state index contributed by atoms with van der Waals surface area (Å²) in [6.45, 7) is 2.78. The molecule has 6 heteroatoms. The SMILES string of the molecule is CC1OCCC1n1c(N)nc2cc(Cl)c(Cl)cc21. The van der Waals surface area contributed by atoms with Crippen molar-refractivity contribution in [2.45, 2.75) is 25.5 Å². The summed E-state index contributed by atoms with van der Waals surface area (Å²) in [5.74, 6) is 0.477. The van der Waals surface area contributed by atoms with E-state index >= 15 is 0 Å². The normalized spacial score (nSPS) is 23.9. The Morgan fingerprint density at radius 3 is 2.78 bits per heavy atom. The number of nitrogens with two attached hydrogens (primary N) is 1. The van der Waals surface area contributed by atoms with Crippen molar-refractivity contribution in [2.24, 2.45) is 0 Å². The summed E-state index contributed by atoms with van der Waals surface area (Å²) in [4.78, 5) is 4.34. The first-order chi connectivity index (χ1) is 8.58. The van der Waals surface area contributed by atoms with Gasteiger partial charge in [-0.1, -0.05) is 23.2 Å². The first-order valence-electron chi connectivity index (χ1n) is 5.82. The van der Waals surface area contributed by atoms with Gasteiger partial charge in [-0.15, -0.1) is 0 Å². The van der Waals surface area contributed by atoms with E-state index in [1.165, 1.54) is 0 Å². The molecule has 1 saturated heterocycles. The van der Waals surface area contributed by atoms with Gasteiger partial charge < -0.3 is 15.0 Å². The van der Waals surface area contributed by atoms with Crippen molar-refractivity contribution in [3.8, 4) is 0 Å². The standard InChI is InChI=1S/C12H13Cl2N3O/c1-6-10(2-3-18-6)17-11-5-8(14)7(13)4-9(11)16-12(17)15/h4-6,10H,2-3H2,1H3,(H2,15,16). The van der Waals surface area contributed by atoms with Gasteiger partial charge in [-0.05, 0) is 25.5 Å². The monoisotopic (exact) mass is 285 g/mol. The molecule has 2 aromatic rings. The third-order valence-electron chi connectivity index (χ3n) is 3.43. The van der Waals surface area contributed by atoms with Crippen LogP contribution in [0.1, 0.15) is 19.4 Å².